The van der Waals surface area contributed by atoms with Gasteiger partial charge in [0.15, 0.2) is 0 Å². The summed E-state index contributed by atoms with van der Waals surface area (Å²) < 4.78 is 1.67. The highest BCUT2D eigenvalue weighted by Gasteiger charge is 2.21. The van der Waals surface area contributed by atoms with Crippen LogP contribution in [0.4, 0.5) is 5.82 Å². The van der Waals surface area contributed by atoms with E-state index in [-0.39, 0.29) is 0 Å². The molecule has 0 atom stereocenters. The maximum atomic E-state index is 6.20. The van der Waals surface area contributed by atoms with Gasteiger partial charge in [0.1, 0.15) is 5.82 Å². The number of pyridine rings is 1. The molecule has 0 fully saturated rings. The Balaban J connectivity index is 1.94. The van der Waals surface area contributed by atoms with Crippen molar-refractivity contribution in [1.82, 2.24) is 9.40 Å². The van der Waals surface area contributed by atoms with Crippen LogP contribution in [0.25, 0.3) is 11.6 Å². The van der Waals surface area contributed by atoms with E-state index >= 15 is 0 Å². The lowest BCUT2D eigenvalue weighted by molar-refractivity contribution is 0.652. The van der Waals surface area contributed by atoms with Gasteiger partial charge >= 0.3 is 0 Å². The highest BCUT2D eigenvalue weighted by atomic mass is 35.5. The average molecular weight is 308 g/mol. The van der Waals surface area contributed by atoms with Crippen LogP contribution in [0.15, 0.2) is 72.2 Å². The van der Waals surface area contributed by atoms with Gasteiger partial charge in [0.05, 0.1) is 6.54 Å². The third-order valence-electron chi connectivity index (χ3n) is 3.84. The normalized spacial score (nSPS) is 16.4. The van der Waals surface area contributed by atoms with E-state index in [2.05, 4.69) is 46.7 Å². The number of rotatable bonds is 1. The smallest absolute Gasteiger partial charge is 0.137 e. The molecule has 3 heterocycles. The molecule has 22 heavy (non-hydrogen) atoms. The molecule has 2 aliphatic rings. The van der Waals surface area contributed by atoms with Gasteiger partial charge in [-0.15, -0.1) is 0 Å². The van der Waals surface area contributed by atoms with Gasteiger partial charge in [-0.25, -0.2) is 4.98 Å². The van der Waals surface area contributed by atoms with Crippen LogP contribution in [-0.4, -0.2) is 15.9 Å². The van der Waals surface area contributed by atoms with Crippen LogP contribution in [0.1, 0.15) is 11.1 Å². The Kier molecular flexibility index (Phi) is 3.20. The number of nitrogens with one attached hydrogen (secondary N) is 1. The average Bonchev–Trinajstić information content (AvgIpc) is 2.72. The number of fused-ring (bicyclic) bond motifs is 1. The second kappa shape index (κ2) is 5.35. The first-order valence-corrected chi connectivity index (χ1v) is 7.48. The van der Waals surface area contributed by atoms with Gasteiger partial charge in [-0.05, 0) is 35.4 Å². The van der Waals surface area contributed by atoms with Gasteiger partial charge in [-0.3, -0.25) is 4.42 Å². The number of aromatic nitrogens is 1. The Hall–Kier alpha value is -2.52. The minimum Gasteiger partial charge on any atom is -0.339 e. The van der Waals surface area contributed by atoms with Crippen LogP contribution in [-0.2, 0) is 0 Å². The molecule has 0 aliphatic carbocycles. The van der Waals surface area contributed by atoms with Gasteiger partial charge in [-0.1, -0.05) is 30.3 Å². The number of hydrogen-bond donors (Lipinski definition) is 1. The molecule has 0 saturated carbocycles. The molecule has 4 rings (SSSR count). The molecular weight excluding hydrogens is 294 g/mol. The van der Waals surface area contributed by atoms with Gasteiger partial charge in [0, 0.05) is 41.0 Å². The van der Waals surface area contributed by atoms with Crippen molar-refractivity contribution in [3.8, 4) is 0 Å². The van der Waals surface area contributed by atoms with E-state index in [9.17, 15) is 0 Å². The molecular formula is C18H14ClN3. The third kappa shape index (κ3) is 2.30. The summed E-state index contributed by atoms with van der Waals surface area (Å²) in [7, 11) is 0. The minimum absolute atomic E-state index is 0.648. The van der Waals surface area contributed by atoms with Crippen molar-refractivity contribution in [2.45, 2.75) is 0 Å². The van der Waals surface area contributed by atoms with Gasteiger partial charge in [-0.2, -0.15) is 0 Å². The van der Waals surface area contributed by atoms with Crippen LogP contribution in [0.3, 0.4) is 0 Å². The molecule has 0 saturated heterocycles. The van der Waals surface area contributed by atoms with Crippen LogP contribution in [0, 0.1) is 0 Å². The van der Waals surface area contributed by atoms with Crippen molar-refractivity contribution in [2.24, 2.45) is 0 Å². The zero-order valence-corrected chi connectivity index (χ0v) is 12.6. The summed E-state index contributed by atoms with van der Waals surface area (Å²) in [6, 6.07) is 14.4. The molecule has 1 aromatic heterocycles. The maximum Gasteiger partial charge on any atom is 0.137 e. The van der Waals surface area contributed by atoms with Crippen molar-refractivity contribution in [3.63, 3.8) is 0 Å². The fourth-order valence-corrected chi connectivity index (χ4v) is 2.95. The molecule has 2 aromatic rings. The zero-order valence-electron chi connectivity index (χ0n) is 11.8. The highest BCUT2D eigenvalue weighted by Crippen LogP contribution is 2.36. The number of benzene rings is 1. The predicted molar refractivity (Wildman–Crippen MR) is 90.9 cm³/mol. The second-order valence-electron chi connectivity index (χ2n) is 5.26. The molecule has 0 amide bonds. The Morgan fingerprint density at radius 2 is 1.95 bits per heavy atom. The Bertz CT molecular complexity index is 806. The van der Waals surface area contributed by atoms with E-state index in [0.29, 0.717) is 6.54 Å². The van der Waals surface area contributed by atoms with Crippen LogP contribution in [0.2, 0.25) is 0 Å². The van der Waals surface area contributed by atoms with E-state index in [1.54, 1.807) is 10.6 Å². The molecule has 0 bridgehead atoms. The number of anilines is 1. The monoisotopic (exact) mass is 307 g/mol. The summed E-state index contributed by atoms with van der Waals surface area (Å²) in [6.07, 6.45) is 7.83. The molecule has 108 valence electrons. The van der Waals surface area contributed by atoms with Crippen LogP contribution < -0.4 is 5.32 Å². The van der Waals surface area contributed by atoms with E-state index in [1.165, 1.54) is 16.7 Å². The molecule has 1 aromatic carbocycles. The van der Waals surface area contributed by atoms with Gasteiger partial charge in [0.2, 0.25) is 0 Å². The Labute approximate surface area is 134 Å². The summed E-state index contributed by atoms with van der Waals surface area (Å²) in [5.74, 6) is 0.869. The molecule has 1 N–H and O–H groups in total. The predicted octanol–water partition coefficient (Wildman–Crippen LogP) is 4.28. The SMILES string of the molecule is ClN1C=CC2=C(C1)C(c1ccccc1)=Cc1cccnc1N2. The lowest BCUT2D eigenvalue weighted by Gasteiger charge is -2.23. The Morgan fingerprint density at radius 3 is 2.82 bits per heavy atom. The topological polar surface area (TPSA) is 28.2 Å². The fourth-order valence-electron chi connectivity index (χ4n) is 2.78. The van der Waals surface area contributed by atoms with Crippen molar-refractivity contribution in [3.05, 3.63) is 83.3 Å². The van der Waals surface area contributed by atoms with E-state index in [0.717, 1.165) is 17.1 Å². The van der Waals surface area contributed by atoms with E-state index < -0.39 is 0 Å². The van der Waals surface area contributed by atoms with Gasteiger partial charge < -0.3 is 5.32 Å². The highest BCUT2D eigenvalue weighted by molar-refractivity contribution is 6.14. The Morgan fingerprint density at radius 1 is 1.09 bits per heavy atom. The van der Waals surface area contributed by atoms with Crippen LogP contribution in [0.5, 0.6) is 0 Å². The summed E-state index contributed by atoms with van der Waals surface area (Å²) in [6.45, 7) is 0.648. The summed E-state index contributed by atoms with van der Waals surface area (Å²) in [4.78, 5) is 4.45. The zero-order chi connectivity index (χ0) is 14.9. The van der Waals surface area contributed by atoms with Crippen molar-refractivity contribution in [1.29, 1.82) is 0 Å². The lowest BCUT2D eigenvalue weighted by Crippen LogP contribution is -2.18. The van der Waals surface area contributed by atoms with Gasteiger partial charge in [0.25, 0.3) is 0 Å². The van der Waals surface area contributed by atoms with E-state index in [4.69, 9.17) is 11.8 Å². The number of hydrogen-bond acceptors (Lipinski definition) is 3. The molecule has 4 heteroatoms. The molecule has 0 spiro atoms. The van der Waals surface area contributed by atoms with E-state index in [1.807, 2.05) is 24.4 Å². The largest absolute Gasteiger partial charge is 0.339 e. The lowest BCUT2D eigenvalue weighted by atomic mass is 9.94. The molecule has 0 radical (unpaired) electrons. The first-order chi connectivity index (χ1) is 10.8. The summed E-state index contributed by atoms with van der Waals surface area (Å²) in [5.41, 5.74) is 5.63. The first kappa shape index (κ1) is 13.2. The first-order valence-electron chi connectivity index (χ1n) is 7.14. The standard InChI is InChI=1S/C18H14ClN3/c19-22-10-8-17-16(12-22)15(13-5-2-1-3-6-13)11-14-7-4-9-20-18(14)21-17/h1-11H,12H2,(H,20,21). The molecule has 0 unspecified atom stereocenters. The van der Waals surface area contributed by atoms with Crippen LogP contribution >= 0.6 is 11.8 Å². The number of nitrogens with zero attached hydrogens (tertiary/aromatic N) is 2. The number of halogens is 1. The van der Waals surface area contributed by atoms with Crippen molar-refractivity contribution < 1.29 is 0 Å². The quantitative estimate of drug-likeness (QED) is 0.797. The summed E-state index contributed by atoms with van der Waals surface area (Å²) >= 11 is 6.20. The van der Waals surface area contributed by atoms with Crippen molar-refractivity contribution in [2.75, 3.05) is 11.9 Å². The maximum absolute atomic E-state index is 6.20. The molecule has 3 nitrogen and oxygen atoms in total. The molecule has 2 aliphatic heterocycles. The number of allylic oxidation sites excluding steroid dienone is 1. The third-order valence-corrected chi connectivity index (χ3v) is 4.07. The minimum atomic E-state index is 0.648. The summed E-state index contributed by atoms with van der Waals surface area (Å²) in [5, 5.41) is 3.43. The fraction of sp³-hybridized carbons (Fsp3) is 0.0556. The second-order valence-corrected chi connectivity index (χ2v) is 5.69. The van der Waals surface area contributed by atoms with Crippen molar-refractivity contribution >= 4 is 29.2 Å².